The Balaban J connectivity index is 0.716. The van der Waals surface area contributed by atoms with E-state index in [2.05, 4.69) is 41.4 Å². The van der Waals surface area contributed by atoms with Gasteiger partial charge in [-0.1, -0.05) is 66.2 Å². The van der Waals surface area contributed by atoms with E-state index < -0.39 is 35.6 Å². The lowest BCUT2D eigenvalue weighted by Gasteiger charge is -2.32. The Morgan fingerprint density at radius 3 is 2.35 bits per heavy atom. The number of ether oxygens (including phenoxy) is 1. The Hall–Kier alpha value is -5.65. The highest BCUT2D eigenvalue weighted by Crippen LogP contribution is 2.34. The van der Waals surface area contributed by atoms with Crippen molar-refractivity contribution in [1.29, 1.82) is 0 Å². The average Bonchev–Trinajstić information content (AvgIpc) is 3.98. The number of rotatable bonds is 20. The second-order valence-corrected chi connectivity index (χ2v) is 16.6. The van der Waals surface area contributed by atoms with Crippen molar-refractivity contribution in [1.82, 2.24) is 45.6 Å². The van der Waals surface area contributed by atoms with Gasteiger partial charge in [0.05, 0.1) is 50.9 Å². The molecule has 0 radical (unpaired) electrons. The number of halogens is 2. The molecule has 0 aliphatic carbocycles. The lowest BCUT2D eigenvalue weighted by atomic mass is 10.0. The van der Waals surface area contributed by atoms with Crippen LogP contribution in [0.15, 0.2) is 48.8 Å². The van der Waals surface area contributed by atoms with E-state index in [1.165, 1.54) is 6.20 Å². The van der Waals surface area contributed by atoms with Crippen molar-refractivity contribution in [3.8, 4) is 5.75 Å². The largest absolute Gasteiger partial charge is 0.493 e. The number of amides is 6. The quantitative estimate of drug-likeness (QED) is 0.0634. The first-order valence-electron chi connectivity index (χ1n) is 21.3. The molecule has 0 saturated carbocycles. The van der Waals surface area contributed by atoms with Crippen molar-refractivity contribution in [3.05, 3.63) is 86.9 Å². The number of hydrogen-bond acceptors (Lipinski definition) is 11. The summed E-state index contributed by atoms with van der Waals surface area (Å²) in [5.41, 5.74) is 1.92. The van der Waals surface area contributed by atoms with E-state index in [-0.39, 0.29) is 62.9 Å². The molecule has 17 nitrogen and oxygen atoms in total. The number of carbonyl (C=O) groups excluding carboxylic acids is 6. The van der Waals surface area contributed by atoms with Crippen molar-refractivity contribution in [2.24, 2.45) is 0 Å². The van der Waals surface area contributed by atoms with Crippen LogP contribution in [0.4, 0.5) is 5.69 Å². The molecule has 328 valence electrons. The Kier molecular flexibility index (Phi) is 15.0. The topological polar surface area (TPSA) is 214 Å². The van der Waals surface area contributed by atoms with Gasteiger partial charge in [0.25, 0.3) is 23.6 Å². The summed E-state index contributed by atoms with van der Waals surface area (Å²) >= 11 is 12.3. The molecule has 1 atom stereocenters. The van der Waals surface area contributed by atoms with E-state index in [0.717, 1.165) is 107 Å². The molecule has 4 aromatic rings. The summed E-state index contributed by atoms with van der Waals surface area (Å²) in [4.78, 5) is 79.5. The molecule has 7 rings (SSSR count). The molecular formula is C43H50Cl2N10O7. The molecule has 2 saturated heterocycles. The molecule has 4 N–H and O–H groups in total. The Morgan fingerprint density at radius 1 is 0.839 bits per heavy atom. The highest BCUT2D eigenvalue weighted by Gasteiger charge is 2.46. The first kappa shape index (κ1) is 44.4. The van der Waals surface area contributed by atoms with Gasteiger partial charge in [0.15, 0.2) is 0 Å². The molecule has 1 unspecified atom stereocenters. The summed E-state index contributed by atoms with van der Waals surface area (Å²) in [6.07, 6.45) is 14.1. The number of nitrogens with zero attached hydrogens (tertiary/aromatic N) is 6. The molecule has 6 amide bonds. The van der Waals surface area contributed by atoms with Gasteiger partial charge in [-0.15, -0.1) is 5.10 Å². The third-order valence-corrected chi connectivity index (χ3v) is 12.1. The highest BCUT2D eigenvalue weighted by molar-refractivity contribution is 6.40. The second kappa shape index (κ2) is 20.9. The zero-order valence-electron chi connectivity index (χ0n) is 34.3. The lowest BCUT2D eigenvalue weighted by molar-refractivity contribution is -0.136. The van der Waals surface area contributed by atoms with Crippen LogP contribution in [0.5, 0.6) is 5.75 Å². The zero-order valence-corrected chi connectivity index (χ0v) is 35.8. The molecule has 5 heterocycles. The number of imide groups is 2. The van der Waals surface area contributed by atoms with Gasteiger partial charge in [-0.3, -0.25) is 48.8 Å². The third kappa shape index (κ3) is 10.9. The van der Waals surface area contributed by atoms with Crippen LogP contribution in [0.3, 0.4) is 0 Å². The van der Waals surface area contributed by atoms with Crippen LogP contribution in [-0.2, 0) is 22.6 Å². The standard InChI is InChI=1S/C43H50Cl2N10O7/c44-30-13-10-14-31(45)37(30)40(58)48-32-25-46-51-38(32)41(59)47-27-18-22-53(23-19-27)20-6-4-5-11-28-26-54(52-50-28)21-7-2-1-3-8-24-62-34-15-9-12-29-36(34)43(61)55(42(29)60)33-16-17-35(56)49-39(33)57/h9-10,12-15,25-27,33H,1-8,11,16-24H2,(H,46,51)(H,47,59)(H,48,58)(H,49,56,57). The minimum absolute atomic E-state index is 0.0142. The number of aromatic nitrogens is 5. The summed E-state index contributed by atoms with van der Waals surface area (Å²) in [5.74, 6) is -2.71. The Labute approximate surface area is 368 Å². The molecule has 0 bridgehead atoms. The van der Waals surface area contributed by atoms with Gasteiger partial charge < -0.3 is 20.3 Å². The smallest absolute Gasteiger partial charge is 0.271 e. The summed E-state index contributed by atoms with van der Waals surface area (Å²) < 4.78 is 7.86. The number of aryl methyl sites for hydroxylation is 2. The SMILES string of the molecule is O=C1CCC(N2C(=O)c3cccc(OCCCCCCCn4cc(CCCCCN5CCC(NC(=O)c6[nH]ncc6NC(=O)c6c(Cl)cccc6Cl)CC5)nn4)c3C2=O)C(=O)N1. The second-order valence-electron chi connectivity index (χ2n) is 15.8. The monoisotopic (exact) mass is 888 g/mol. The van der Waals surface area contributed by atoms with Crippen LogP contribution in [0.25, 0.3) is 0 Å². The molecule has 2 aromatic heterocycles. The molecule has 62 heavy (non-hydrogen) atoms. The summed E-state index contributed by atoms with van der Waals surface area (Å²) in [6, 6.07) is 8.68. The molecule has 3 aliphatic heterocycles. The van der Waals surface area contributed by atoms with E-state index in [1.54, 1.807) is 36.4 Å². The van der Waals surface area contributed by atoms with Gasteiger partial charge in [0.2, 0.25) is 11.8 Å². The van der Waals surface area contributed by atoms with E-state index in [4.69, 9.17) is 27.9 Å². The predicted octanol–water partition coefficient (Wildman–Crippen LogP) is 5.60. The normalized spacial score (nSPS) is 17.0. The van der Waals surface area contributed by atoms with Crippen molar-refractivity contribution < 1.29 is 33.5 Å². The van der Waals surface area contributed by atoms with Gasteiger partial charge in [-0.05, 0) is 82.2 Å². The van der Waals surface area contributed by atoms with Crippen molar-refractivity contribution >= 4 is 64.3 Å². The van der Waals surface area contributed by atoms with Crippen LogP contribution >= 0.6 is 23.2 Å². The number of piperidine rings is 2. The number of fused-ring (bicyclic) bond motifs is 1. The molecule has 2 fully saturated rings. The number of unbranched alkanes of at least 4 members (excludes halogenated alkanes) is 6. The minimum Gasteiger partial charge on any atom is -0.493 e. The number of aromatic amines is 1. The number of carbonyl (C=O) groups is 6. The number of anilines is 1. The molecular weight excluding hydrogens is 839 g/mol. The summed E-state index contributed by atoms with van der Waals surface area (Å²) in [7, 11) is 0. The lowest BCUT2D eigenvalue weighted by Crippen LogP contribution is -2.54. The maximum Gasteiger partial charge on any atom is 0.271 e. The van der Waals surface area contributed by atoms with Gasteiger partial charge in [-0.25, -0.2) is 0 Å². The summed E-state index contributed by atoms with van der Waals surface area (Å²) in [6.45, 7) is 3.97. The Morgan fingerprint density at radius 2 is 1.56 bits per heavy atom. The maximum absolute atomic E-state index is 13.3. The van der Waals surface area contributed by atoms with Crippen molar-refractivity contribution in [2.45, 2.75) is 102 Å². The van der Waals surface area contributed by atoms with Crippen LogP contribution in [0.1, 0.15) is 124 Å². The number of hydrogen-bond donors (Lipinski definition) is 4. The number of H-pyrrole nitrogens is 1. The number of likely N-dealkylation sites (tertiary alicyclic amines) is 1. The molecule has 3 aliphatic rings. The van der Waals surface area contributed by atoms with Crippen LogP contribution in [0, 0.1) is 0 Å². The first-order chi connectivity index (χ1) is 30.1. The van der Waals surface area contributed by atoms with E-state index in [0.29, 0.717) is 12.4 Å². The molecule has 2 aromatic carbocycles. The fourth-order valence-corrected chi connectivity index (χ4v) is 8.65. The highest BCUT2D eigenvalue weighted by atomic mass is 35.5. The van der Waals surface area contributed by atoms with Gasteiger partial charge in [0.1, 0.15) is 17.5 Å². The number of nitrogens with one attached hydrogen (secondary N) is 4. The van der Waals surface area contributed by atoms with Crippen LogP contribution < -0.4 is 20.7 Å². The Bertz CT molecular complexity index is 2270. The first-order valence-corrected chi connectivity index (χ1v) is 22.0. The molecule has 0 spiro atoms. The average molecular weight is 890 g/mol. The third-order valence-electron chi connectivity index (χ3n) is 11.4. The van der Waals surface area contributed by atoms with Gasteiger partial charge in [-0.2, -0.15) is 5.10 Å². The van der Waals surface area contributed by atoms with E-state index in [9.17, 15) is 28.8 Å². The van der Waals surface area contributed by atoms with Crippen molar-refractivity contribution in [2.75, 3.05) is 31.6 Å². The summed E-state index contributed by atoms with van der Waals surface area (Å²) in [5, 5.41) is 23.7. The molecule has 19 heteroatoms. The van der Waals surface area contributed by atoms with Gasteiger partial charge >= 0.3 is 0 Å². The van der Waals surface area contributed by atoms with Gasteiger partial charge in [0, 0.05) is 38.3 Å². The van der Waals surface area contributed by atoms with Crippen molar-refractivity contribution in [3.63, 3.8) is 0 Å². The predicted molar refractivity (Wildman–Crippen MR) is 229 cm³/mol. The fraction of sp³-hybridized carbons (Fsp3) is 0.465. The van der Waals surface area contributed by atoms with Crippen LogP contribution in [-0.4, -0.2) is 109 Å². The maximum atomic E-state index is 13.3. The number of benzene rings is 2. The van der Waals surface area contributed by atoms with E-state index >= 15 is 0 Å². The van der Waals surface area contributed by atoms with E-state index in [1.807, 2.05) is 10.9 Å². The minimum atomic E-state index is -1.01. The zero-order chi connectivity index (χ0) is 43.6. The van der Waals surface area contributed by atoms with Crippen LogP contribution in [0.2, 0.25) is 10.0 Å². The fourth-order valence-electron chi connectivity index (χ4n) is 8.09.